The second-order valence-corrected chi connectivity index (χ2v) is 18.2. The molecule has 0 aromatic carbocycles. The van der Waals surface area contributed by atoms with Crippen molar-refractivity contribution < 1.29 is 32.9 Å². The van der Waals surface area contributed by atoms with Gasteiger partial charge in [0, 0.05) is 6.42 Å². The highest BCUT2D eigenvalue weighted by Crippen LogP contribution is 2.43. The number of hydrogen-bond donors (Lipinski definition) is 3. The van der Waals surface area contributed by atoms with E-state index in [4.69, 9.17) is 9.05 Å². The van der Waals surface area contributed by atoms with E-state index in [0.717, 1.165) is 77.0 Å². The molecule has 0 rings (SSSR count). The molecule has 0 heterocycles. The van der Waals surface area contributed by atoms with Crippen LogP contribution in [0.5, 0.6) is 0 Å². The summed E-state index contributed by atoms with van der Waals surface area (Å²) in [5, 5.41) is 13.7. The van der Waals surface area contributed by atoms with Gasteiger partial charge in [-0.15, -0.1) is 0 Å². The third-order valence-corrected chi connectivity index (χ3v) is 11.0. The fraction of sp³-hybridized carbons (Fsp3) is 0.771. The number of nitrogens with zero attached hydrogens (tertiary/aromatic N) is 1. The van der Waals surface area contributed by atoms with E-state index < -0.39 is 20.0 Å². The van der Waals surface area contributed by atoms with E-state index >= 15 is 0 Å². The van der Waals surface area contributed by atoms with Crippen LogP contribution in [0.3, 0.4) is 0 Å². The zero-order valence-electron chi connectivity index (χ0n) is 37.6. The Morgan fingerprint density at radius 3 is 1.53 bits per heavy atom. The van der Waals surface area contributed by atoms with Crippen LogP contribution in [-0.2, 0) is 18.4 Å². The molecule has 0 aromatic rings. The first kappa shape index (κ1) is 55.2. The monoisotopic (exact) mass is 822 g/mol. The van der Waals surface area contributed by atoms with E-state index in [-0.39, 0.29) is 19.1 Å². The molecular formula is C48H90N2O6P+. The normalized spacial score (nSPS) is 14.9. The van der Waals surface area contributed by atoms with E-state index in [0.29, 0.717) is 23.9 Å². The predicted octanol–water partition coefficient (Wildman–Crippen LogP) is 13.0. The first-order chi connectivity index (χ1) is 27.5. The highest BCUT2D eigenvalue weighted by atomic mass is 31.2. The molecule has 0 saturated carbocycles. The minimum atomic E-state index is -4.30. The number of aliphatic hydroxyl groups excluding tert-OH is 1. The van der Waals surface area contributed by atoms with Crippen molar-refractivity contribution in [3.63, 3.8) is 0 Å². The second kappa shape index (κ2) is 39.6. The maximum Gasteiger partial charge on any atom is 0.472 e. The number of aliphatic hydroxyl groups is 1. The Hall–Kier alpha value is -1.80. The van der Waals surface area contributed by atoms with Gasteiger partial charge in [-0.25, -0.2) is 4.57 Å². The molecule has 3 atom stereocenters. The van der Waals surface area contributed by atoms with Gasteiger partial charge in [0.2, 0.25) is 5.91 Å². The summed E-state index contributed by atoms with van der Waals surface area (Å²) in [5.41, 5.74) is 0. The van der Waals surface area contributed by atoms with Gasteiger partial charge in [-0.05, 0) is 57.8 Å². The number of unbranched alkanes of at least 4 members (excludes halogenated alkanes) is 18. The van der Waals surface area contributed by atoms with E-state index in [1.807, 2.05) is 21.1 Å². The molecule has 0 aliphatic carbocycles. The summed E-state index contributed by atoms with van der Waals surface area (Å²) in [6.07, 6.45) is 51.9. The lowest BCUT2D eigenvalue weighted by Gasteiger charge is -2.26. The third kappa shape index (κ3) is 42.1. The Morgan fingerprint density at radius 2 is 1.05 bits per heavy atom. The van der Waals surface area contributed by atoms with Gasteiger partial charge in [-0.2, -0.15) is 0 Å². The molecular weight excluding hydrogens is 732 g/mol. The zero-order valence-corrected chi connectivity index (χ0v) is 38.5. The minimum Gasteiger partial charge on any atom is -0.391 e. The maximum atomic E-state index is 12.8. The first-order valence-corrected chi connectivity index (χ1v) is 24.6. The fourth-order valence-corrected chi connectivity index (χ4v) is 7.10. The molecule has 3 N–H and O–H groups in total. The number of phosphoric acid groups is 1. The van der Waals surface area contributed by atoms with Crippen molar-refractivity contribution in [1.82, 2.24) is 5.32 Å². The Morgan fingerprint density at radius 1 is 0.614 bits per heavy atom. The Bertz CT molecular complexity index is 1110. The number of carbonyl (C=O) groups excluding carboxylic acids is 1. The fourth-order valence-electron chi connectivity index (χ4n) is 6.37. The number of nitrogens with one attached hydrogen (secondary N) is 1. The Labute approximate surface area is 351 Å². The van der Waals surface area contributed by atoms with Gasteiger partial charge in [0.05, 0.1) is 39.9 Å². The predicted molar refractivity (Wildman–Crippen MR) is 244 cm³/mol. The molecule has 57 heavy (non-hydrogen) atoms. The molecule has 8 nitrogen and oxygen atoms in total. The molecule has 0 aliphatic heterocycles. The first-order valence-electron chi connectivity index (χ1n) is 23.2. The highest BCUT2D eigenvalue weighted by Gasteiger charge is 2.28. The SMILES string of the molecule is CC/C=C\C/C=C\C/C=C\C/C=C\C/C=C\CCCCCCCCCCCCCCCCCC(=O)NC(COP(=O)(O)OCC[N+](C)(C)C)C(O)CCCCCC. The van der Waals surface area contributed by atoms with E-state index in [1.165, 1.54) is 83.5 Å². The Kier molecular flexibility index (Phi) is 38.4. The number of phosphoric ester groups is 1. The Balaban J connectivity index is 3.85. The van der Waals surface area contributed by atoms with E-state index in [1.54, 1.807) is 0 Å². The van der Waals surface area contributed by atoms with Crippen LogP contribution in [0.1, 0.15) is 187 Å². The van der Waals surface area contributed by atoms with Crippen LogP contribution < -0.4 is 5.32 Å². The molecule has 0 bridgehead atoms. The molecule has 1 amide bonds. The van der Waals surface area contributed by atoms with Crippen LogP contribution in [0.25, 0.3) is 0 Å². The number of allylic oxidation sites excluding steroid dienone is 10. The minimum absolute atomic E-state index is 0.0720. The number of quaternary nitrogens is 1. The number of hydrogen-bond acceptors (Lipinski definition) is 5. The summed E-state index contributed by atoms with van der Waals surface area (Å²) in [6.45, 7) is 4.64. The lowest BCUT2D eigenvalue weighted by atomic mass is 10.0. The van der Waals surface area contributed by atoms with Crippen LogP contribution in [0.15, 0.2) is 60.8 Å². The van der Waals surface area contributed by atoms with Crippen LogP contribution >= 0.6 is 7.82 Å². The van der Waals surface area contributed by atoms with Gasteiger partial charge in [-0.3, -0.25) is 13.8 Å². The standard InChI is InChI=1S/C48H89N2O6P/c1-6-8-10-12-13-14-15-16-17-18-19-20-21-22-23-24-25-26-27-28-29-30-31-32-33-34-35-36-37-38-40-42-48(52)49-46(47(51)41-39-11-9-7-2)45-56-57(53,54)55-44-43-50(3,4)5/h8,10,13-14,16-17,19-20,22-23,46-47,51H,6-7,9,11-12,15,18,21,24-45H2,1-5H3,(H-,49,52,53,54)/p+1/b10-8-,14-13-,17-16-,20-19-,23-22-. The molecule has 0 aromatic heterocycles. The average molecular weight is 822 g/mol. The van der Waals surface area contributed by atoms with Crippen molar-refractivity contribution in [2.24, 2.45) is 0 Å². The molecule has 0 saturated heterocycles. The molecule has 9 heteroatoms. The molecule has 332 valence electrons. The van der Waals surface area contributed by atoms with Crippen LogP contribution in [-0.4, -0.2) is 73.4 Å². The van der Waals surface area contributed by atoms with Gasteiger partial charge >= 0.3 is 7.82 Å². The van der Waals surface area contributed by atoms with E-state index in [9.17, 15) is 19.4 Å². The van der Waals surface area contributed by atoms with Crippen LogP contribution in [0, 0.1) is 0 Å². The molecule has 0 spiro atoms. The number of rotatable bonds is 41. The summed E-state index contributed by atoms with van der Waals surface area (Å²) in [5.74, 6) is -0.156. The zero-order chi connectivity index (χ0) is 42.1. The topological polar surface area (TPSA) is 105 Å². The lowest BCUT2D eigenvalue weighted by molar-refractivity contribution is -0.870. The van der Waals surface area contributed by atoms with Crippen molar-refractivity contribution in [2.45, 2.75) is 199 Å². The van der Waals surface area contributed by atoms with Gasteiger partial charge in [0.15, 0.2) is 0 Å². The third-order valence-electron chi connectivity index (χ3n) is 10.0. The number of carbonyl (C=O) groups is 1. The van der Waals surface area contributed by atoms with Crippen molar-refractivity contribution in [3.05, 3.63) is 60.8 Å². The highest BCUT2D eigenvalue weighted by molar-refractivity contribution is 7.47. The second-order valence-electron chi connectivity index (χ2n) is 16.8. The van der Waals surface area contributed by atoms with Gasteiger partial charge < -0.3 is 19.8 Å². The van der Waals surface area contributed by atoms with Crippen molar-refractivity contribution >= 4 is 13.7 Å². The van der Waals surface area contributed by atoms with E-state index in [2.05, 4.69) is 79.9 Å². The van der Waals surface area contributed by atoms with Crippen molar-refractivity contribution in [3.8, 4) is 0 Å². The summed E-state index contributed by atoms with van der Waals surface area (Å²) in [4.78, 5) is 22.9. The summed E-state index contributed by atoms with van der Waals surface area (Å²) in [6, 6.07) is -0.757. The van der Waals surface area contributed by atoms with Crippen LogP contribution in [0.2, 0.25) is 0 Å². The smallest absolute Gasteiger partial charge is 0.391 e. The summed E-state index contributed by atoms with van der Waals surface area (Å²) < 4.78 is 23.4. The molecule has 3 unspecified atom stereocenters. The van der Waals surface area contributed by atoms with Gasteiger partial charge in [0.25, 0.3) is 0 Å². The van der Waals surface area contributed by atoms with Crippen molar-refractivity contribution in [1.29, 1.82) is 0 Å². The summed E-state index contributed by atoms with van der Waals surface area (Å²) in [7, 11) is 1.60. The average Bonchev–Trinajstić information content (AvgIpc) is 3.16. The molecule has 0 aliphatic rings. The molecule has 0 fully saturated rings. The quantitative estimate of drug-likeness (QED) is 0.0245. The summed E-state index contributed by atoms with van der Waals surface area (Å²) >= 11 is 0. The van der Waals surface area contributed by atoms with Crippen molar-refractivity contribution in [2.75, 3.05) is 40.9 Å². The van der Waals surface area contributed by atoms with Gasteiger partial charge in [-0.1, -0.05) is 184 Å². The van der Waals surface area contributed by atoms with Gasteiger partial charge in [0.1, 0.15) is 13.2 Å². The number of likely N-dealkylation sites (N-methyl/N-ethyl adjacent to an activating group) is 1. The largest absolute Gasteiger partial charge is 0.472 e. The maximum absolute atomic E-state index is 12.8. The lowest BCUT2D eigenvalue weighted by Crippen LogP contribution is -2.46. The number of amides is 1. The molecule has 0 radical (unpaired) electrons. The van der Waals surface area contributed by atoms with Crippen LogP contribution in [0.4, 0.5) is 0 Å².